The number of benzene rings is 2. The fraction of sp³-hybridized carbons (Fsp3) is 0. The fourth-order valence-electron chi connectivity index (χ4n) is 1.72. The van der Waals surface area contributed by atoms with Crippen LogP contribution in [0, 0.1) is 0 Å². The molecule has 74 valence electrons. The van der Waals surface area contributed by atoms with Crippen LogP contribution in [-0.2, 0) is 4.67 Å². The summed E-state index contributed by atoms with van der Waals surface area (Å²) in [5, 5.41) is 11.5. The molecule has 0 atom stereocenters. The van der Waals surface area contributed by atoms with Gasteiger partial charge in [-0.15, -0.1) is 0 Å². The van der Waals surface area contributed by atoms with Crippen LogP contribution in [-0.4, -0.2) is 0 Å². The van der Waals surface area contributed by atoms with E-state index >= 15 is 0 Å². The Morgan fingerprint density at radius 1 is 0.867 bits per heavy atom. The first-order chi connectivity index (χ1) is 7.36. The van der Waals surface area contributed by atoms with E-state index in [1.54, 1.807) is 18.2 Å². The minimum absolute atomic E-state index is 0.469. The van der Waals surface area contributed by atoms with Gasteiger partial charge in [0, 0.05) is 11.6 Å². The number of hydrogen-bond donors (Lipinski definition) is 0. The minimum Gasteiger partial charge on any atom is -0.418 e. The van der Waals surface area contributed by atoms with Crippen LogP contribution in [0.1, 0.15) is 0 Å². The third-order valence-corrected chi connectivity index (χ3v) is 2.41. The van der Waals surface area contributed by atoms with Gasteiger partial charge in [-0.3, -0.25) is 0 Å². The van der Waals surface area contributed by atoms with Gasteiger partial charge in [0.05, 0.1) is 5.56 Å². The van der Waals surface area contributed by atoms with Crippen molar-refractivity contribution in [2.75, 3.05) is 0 Å². The van der Waals surface area contributed by atoms with E-state index in [0.29, 0.717) is 11.5 Å². The summed E-state index contributed by atoms with van der Waals surface area (Å²) < 4.78 is 1.38. The van der Waals surface area contributed by atoms with Crippen molar-refractivity contribution in [3.05, 3.63) is 48.5 Å². The van der Waals surface area contributed by atoms with Crippen LogP contribution in [0.4, 0.5) is 0 Å². The zero-order chi connectivity index (χ0) is 10.3. The zero-order valence-electron chi connectivity index (χ0n) is 7.84. The van der Waals surface area contributed by atoms with Gasteiger partial charge in [-0.1, -0.05) is 24.3 Å². The number of rotatable bonds is 0. The molecule has 0 aromatic heterocycles. The molecule has 3 heteroatoms. The van der Waals surface area contributed by atoms with Crippen LogP contribution in [0.25, 0.3) is 11.1 Å². The quantitative estimate of drug-likeness (QED) is 0.482. The van der Waals surface area contributed by atoms with Crippen molar-refractivity contribution < 1.29 is 14.8 Å². The smallest absolute Gasteiger partial charge is 0.329 e. The SMILES string of the molecule is [O-][O+]1Oc2ccccc2-c2ccccc21. The second-order valence-corrected chi connectivity index (χ2v) is 3.31. The topological polar surface area (TPSA) is 35.0 Å². The summed E-state index contributed by atoms with van der Waals surface area (Å²) in [7, 11) is 0. The molecule has 2 aromatic carbocycles. The van der Waals surface area contributed by atoms with E-state index < -0.39 is 0 Å². The largest absolute Gasteiger partial charge is 0.418 e. The van der Waals surface area contributed by atoms with Crippen molar-refractivity contribution in [3.8, 4) is 22.6 Å². The molecule has 3 nitrogen and oxygen atoms in total. The summed E-state index contributed by atoms with van der Waals surface area (Å²) in [4.78, 5) is 5.05. The van der Waals surface area contributed by atoms with Gasteiger partial charge in [0.25, 0.3) is 0 Å². The summed E-state index contributed by atoms with van der Waals surface area (Å²) in [5.74, 6) is 1.03. The molecule has 0 spiro atoms. The molecule has 1 aliphatic rings. The van der Waals surface area contributed by atoms with E-state index in [2.05, 4.69) is 0 Å². The highest BCUT2D eigenvalue weighted by atomic mass is 17.6. The number of fused-ring (bicyclic) bond motifs is 3. The molecule has 0 radical (unpaired) electrons. The molecule has 0 aliphatic carbocycles. The second kappa shape index (κ2) is 3.00. The normalized spacial score (nSPS) is 12.7. The third-order valence-electron chi connectivity index (χ3n) is 2.41. The Labute approximate surface area is 86.7 Å². The molecule has 0 saturated carbocycles. The Morgan fingerprint density at radius 3 is 2.40 bits per heavy atom. The Hall–Kier alpha value is -2.00. The molecule has 0 fully saturated rings. The number of para-hydroxylation sites is 2. The molecule has 0 unspecified atom stereocenters. The summed E-state index contributed by atoms with van der Waals surface area (Å²) >= 11 is 0. The van der Waals surface area contributed by atoms with Gasteiger partial charge in [-0.05, 0) is 18.2 Å². The van der Waals surface area contributed by atoms with Crippen molar-refractivity contribution in [1.29, 1.82) is 0 Å². The van der Waals surface area contributed by atoms with Crippen molar-refractivity contribution in [3.63, 3.8) is 0 Å². The lowest BCUT2D eigenvalue weighted by atomic mass is 10.0. The van der Waals surface area contributed by atoms with Gasteiger partial charge in [0.15, 0.2) is 0 Å². The van der Waals surface area contributed by atoms with Crippen molar-refractivity contribution in [1.82, 2.24) is 0 Å². The lowest BCUT2D eigenvalue weighted by Gasteiger charge is -2.25. The molecular formula is C12H8O3. The minimum atomic E-state index is 0.469. The molecule has 3 rings (SSSR count). The third kappa shape index (κ3) is 1.17. The van der Waals surface area contributed by atoms with E-state index in [0.717, 1.165) is 11.1 Å². The van der Waals surface area contributed by atoms with Crippen LogP contribution >= 0.6 is 0 Å². The van der Waals surface area contributed by atoms with Gasteiger partial charge in [-0.2, -0.15) is 4.89 Å². The van der Waals surface area contributed by atoms with E-state index in [1.165, 1.54) is 4.67 Å². The second-order valence-electron chi connectivity index (χ2n) is 3.31. The van der Waals surface area contributed by atoms with Crippen LogP contribution in [0.15, 0.2) is 48.5 Å². The molecule has 1 heterocycles. The summed E-state index contributed by atoms with van der Waals surface area (Å²) in [6.07, 6.45) is 0. The Bertz CT molecular complexity index is 508. The van der Waals surface area contributed by atoms with Crippen LogP contribution in [0.2, 0.25) is 0 Å². The highest BCUT2D eigenvalue weighted by molar-refractivity contribution is 5.76. The molecule has 1 aliphatic heterocycles. The molecule has 0 bridgehead atoms. The van der Waals surface area contributed by atoms with Gasteiger partial charge in [-0.25, -0.2) is 0 Å². The van der Waals surface area contributed by atoms with Crippen LogP contribution < -0.4 is 10.1 Å². The van der Waals surface area contributed by atoms with Crippen molar-refractivity contribution >= 4 is 0 Å². The first kappa shape index (κ1) is 8.32. The molecule has 15 heavy (non-hydrogen) atoms. The molecule has 0 saturated heterocycles. The van der Waals surface area contributed by atoms with E-state index in [-0.39, 0.29) is 0 Å². The first-order valence-corrected chi connectivity index (χ1v) is 4.65. The summed E-state index contributed by atoms with van der Waals surface area (Å²) in [6, 6.07) is 14.8. The van der Waals surface area contributed by atoms with Crippen LogP contribution in [0.5, 0.6) is 11.5 Å². The average Bonchev–Trinajstić information content (AvgIpc) is 2.30. The molecule has 0 N–H and O–H groups in total. The highest BCUT2D eigenvalue weighted by Crippen LogP contribution is 2.44. The van der Waals surface area contributed by atoms with Crippen molar-refractivity contribution in [2.45, 2.75) is 0 Å². The van der Waals surface area contributed by atoms with Crippen molar-refractivity contribution in [2.24, 2.45) is 0 Å². The van der Waals surface area contributed by atoms with E-state index in [4.69, 9.17) is 4.89 Å². The molecule has 2 aromatic rings. The van der Waals surface area contributed by atoms with E-state index in [1.807, 2.05) is 30.3 Å². The van der Waals surface area contributed by atoms with Gasteiger partial charge < -0.3 is 9.93 Å². The molecule has 0 amide bonds. The predicted octanol–water partition coefficient (Wildman–Crippen LogP) is 2.20. The van der Waals surface area contributed by atoms with E-state index in [9.17, 15) is 5.26 Å². The monoisotopic (exact) mass is 200 g/mol. The van der Waals surface area contributed by atoms with Gasteiger partial charge >= 0.3 is 5.75 Å². The average molecular weight is 200 g/mol. The summed E-state index contributed by atoms with van der Waals surface area (Å²) in [5.41, 5.74) is 1.81. The van der Waals surface area contributed by atoms with Gasteiger partial charge in [0.1, 0.15) is 0 Å². The maximum absolute atomic E-state index is 11.5. The standard InChI is InChI=1S/C12H8O3/c13-15-12-8-4-2-6-10(12)9-5-1-3-7-11(9)14-15/h1-8H. The lowest BCUT2D eigenvalue weighted by molar-refractivity contribution is -0.859. The Balaban J connectivity index is 2.30. The fourth-order valence-corrected chi connectivity index (χ4v) is 1.72. The first-order valence-electron chi connectivity index (χ1n) is 4.65. The zero-order valence-corrected chi connectivity index (χ0v) is 7.84. The number of hydrogen-bond acceptors (Lipinski definition) is 2. The Morgan fingerprint density at radius 2 is 1.53 bits per heavy atom. The van der Waals surface area contributed by atoms with Crippen LogP contribution in [0.3, 0.4) is 0 Å². The summed E-state index contributed by atoms with van der Waals surface area (Å²) in [6.45, 7) is 0. The molecular weight excluding hydrogens is 192 g/mol. The van der Waals surface area contributed by atoms with Gasteiger partial charge in [0.2, 0.25) is 5.75 Å². The Kier molecular flexibility index (Phi) is 1.66. The predicted molar refractivity (Wildman–Crippen MR) is 53.0 cm³/mol. The highest BCUT2D eigenvalue weighted by Gasteiger charge is 2.25. The maximum atomic E-state index is 11.5. The lowest BCUT2D eigenvalue weighted by Crippen LogP contribution is -2.27. The maximum Gasteiger partial charge on any atom is 0.329 e.